The van der Waals surface area contributed by atoms with Gasteiger partial charge in [0.1, 0.15) is 0 Å². The molecular formula is C17H30N4O2S2. The molecule has 1 saturated heterocycles. The highest BCUT2D eigenvalue weighted by atomic mass is 32.2. The fourth-order valence-corrected chi connectivity index (χ4v) is 4.78. The van der Waals surface area contributed by atoms with Crippen LogP contribution in [0, 0.1) is 0 Å². The molecule has 2 rings (SSSR count). The van der Waals surface area contributed by atoms with Gasteiger partial charge in [0.25, 0.3) is 0 Å². The minimum atomic E-state index is -3.07. The van der Waals surface area contributed by atoms with E-state index in [0.29, 0.717) is 19.0 Å². The molecule has 0 aliphatic carbocycles. The first-order valence-corrected chi connectivity index (χ1v) is 11.6. The molecule has 1 unspecified atom stereocenters. The summed E-state index contributed by atoms with van der Waals surface area (Å²) < 4.78 is 25.5. The molecule has 1 aliphatic heterocycles. The van der Waals surface area contributed by atoms with Crippen LogP contribution >= 0.6 is 11.3 Å². The summed E-state index contributed by atoms with van der Waals surface area (Å²) in [7, 11) is -3.07. The van der Waals surface area contributed by atoms with Gasteiger partial charge in [0.15, 0.2) is 5.96 Å². The molecule has 2 heterocycles. The van der Waals surface area contributed by atoms with E-state index in [-0.39, 0.29) is 11.8 Å². The summed E-state index contributed by atoms with van der Waals surface area (Å²) in [5.41, 5.74) is 1.32. The maximum Gasteiger partial charge on any atom is 0.213 e. The Morgan fingerprint density at radius 1 is 1.40 bits per heavy atom. The molecule has 0 amide bonds. The normalized spacial score (nSPS) is 18.9. The number of aliphatic imine (C=N–C) groups is 1. The van der Waals surface area contributed by atoms with Crippen LogP contribution in [0.1, 0.15) is 45.1 Å². The van der Waals surface area contributed by atoms with Gasteiger partial charge >= 0.3 is 0 Å². The molecule has 1 aliphatic rings. The Morgan fingerprint density at radius 2 is 2.12 bits per heavy atom. The van der Waals surface area contributed by atoms with Gasteiger partial charge in [-0.2, -0.15) is 11.3 Å². The molecule has 2 N–H and O–H groups in total. The van der Waals surface area contributed by atoms with Crippen molar-refractivity contribution in [3.8, 4) is 0 Å². The van der Waals surface area contributed by atoms with Crippen LogP contribution in [0.5, 0.6) is 0 Å². The number of hydrogen-bond donors (Lipinski definition) is 2. The standard InChI is InChI=1S/C17H30N4O2S2/c1-4-18-17(19-12-14(3)15-8-11-24-13-15)20-16-6-9-21(10-7-16)25(22,23)5-2/h8,11,13-14,16H,4-7,9-10,12H2,1-3H3,(H2,18,19,20). The predicted molar refractivity (Wildman–Crippen MR) is 106 cm³/mol. The quantitative estimate of drug-likeness (QED) is 0.557. The second-order valence-corrected chi connectivity index (χ2v) is 9.43. The Labute approximate surface area is 155 Å². The Morgan fingerprint density at radius 3 is 2.68 bits per heavy atom. The van der Waals surface area contributed by atoms with E-state index < -0.39 is 10.0 Å². The maximum atomic E-state index is 11.9. The zero-order chi connectivity index (χ0) is 18.3. The van der Waals surface area contributed by atoms with E-state index in [9.17, 15) is 8.42 Å². The highest BCUT2D eigenvalue weighted by Crippen LogP contribution is 2.18. The number of nitrogens with one attached hydrogen (secondary N) is 2. The molecule has 0 saturated carbocycles. The van der Waals surface area contributed by atoms with Crippen LogP contribution in [0.4, 0.5) is 0 Å². The van der Waals surface area contributed by atoms with Crippen LogP contribution in [0.15, 0.2) is 21.8 Å². The van der Waals surface area contributed by atoms with Crippen molar-refractivity contribution in [3.63, 3.8) is 0 Å². The molecule has 8 heteroatoms. The highest BCUT2D eigenvalue weighted by molar-refractivity contribution is 7.89. The summed E-state index contributed by atoms with van der Waals surface area (Å²) in [6.45, 7) is 8.64. The molecule has 1 atom stereocenters. The van der Waals surface area contributed by atoms with Crippen LogP contribution < -0.4 is 10.6 Å². The minimum absolute atomic E-state index is 0.176. The van der Waals surface area contributed by atoms with Gasteiger partial charge in [0.05, 0.1) is 5.75 Å². The van der Waals surface area contributed by atoms with Crippen molar-refractivity contribution in [2.45, 2.75) is 45.6 Å². The van der Waals surface area contributed by atoms with Crippen molar-refractivity contribution in [2.75, 3.05) is 31.9 Å². The van der Waals surface area contributed by atoms with Gasteiger partial charge in [-0.3, -0.25) is 4.99 Å². The van der Waals surface area contributed by atoms with Gasteiger partial charge in [-0.15, -0.1) is 0 Å². The van der Waals surface area contributed by atoms with Crippen molar-refractivity contribution in [3.05, 3.63) is 22.4 Å². The number of hydrogen-bond acceptors (Lipinski definition) is 4. The number of piperidine rings is 1. The monoisotopic (exact) mass is 386 g/mol. The van der Waals surface area contributed by atoms with E-state index in [1.165, 1.54) is 5.56 Å². The molecule has 1 aromatic rings. The fourth-order valence-electron chi connectivity index (χ4n) is 2.86. The topological polar surface area (TPSA) is 73.8 Å². The summed E-state index contributed by atoms with van der Waals surface area (Å²) >= 11 is 1.71. The third kappa shape index (κ3) is 5.97. The molecular weight excluding hydrogens is 356 g/mol. The minimum Gasteiger partial charge on any atom is -0.357 e. The summed E-state index contributed by atoms with van der Waals surface area (Å²) in [6.07, 6.45) is 1.62. The Kier molecular flexibility index (Phi) is 7.71. The molecule has 0 aromatic carbocycles. The molecule has 0 radical (unpaired) electrons. The van der Waals surface area contributed by atoms with E-state index in [4.69, 9.17) is 4.99 Å². The molecule has 0 spiro atoms. The highest BCUT2D eigenvalue weighted by Gasteiger charge is 2.27. The Balaban J connectivity index is 1.88. The summed E-state index contributed by atoms with van der Waals surface area (Å²) in [5.74, 6) is 1.38. The zero-order valence-electron chi connectivity index (χ0n) is 15.4. The number of sulfonamides is 1. The first-order valence-electron chi connectivity index (χ1n) is 9.01. The SMILES string of the molecule is CCNC(=NCC(C)c1ccsc1)NC1CCN(S(=O)(=O)CC)CC1. The molecule has 6 nitrogen and oxygen atoms in total. The summed E-state index contributed by atoms with van der Waals surface area (Å²) in [6, 6.07) is 2.41. The van der Waals surface area contributed by atoms with Crippen molar-refractivity contribution in [1.29, 1.82) is 0 Å². The Hall–Kier alpha value is -1.12. The van der Waals surface area contributed by atoms with Crippen molar-refractivity contribution in [2.24, 2.45) is 4.99 Å². The number of thiophene rings is 1. The van der Waals surface area contributed by atoms with Gasteiger partial charge in [-0.05, 0) is 49.1 Å². The second kappa shape index (κ2) is 9.54. The van der Waals surface area contributed by atoms with E-state index in [2.05, 4.69) is 41.3 Å². The molecule has 1 aromatic heterocycles. The van der Waals surface area contributed by atoms with Crippen molar-refractivity contribution < 1.29 is 8.42 Å². The van der Waals surface area contributed by atoms with Crippen LogP contribution in [-0.2, 0) is 10.0 Å². The third-order valence-corrected chi connectivity index (χ3v) is 7.12. The maximum absolute atomic E-state index is 11.9. The van der Waals surface area contributed by atoms with Gasteiger partial charge in [0.2, 0.25) is 10.0 Å². The van der Waals surface area contributed by atoms with E-state index >= 15 is 0 Å². The number of rotatable bonds is 7. The largest absolute Gasteiger partial charge is 0.357 e. The predicted octanol–water partition coefficient (Wildman–Crippen LogP) is 2.22. The molecule has 0 bridgehead atoms. The smallest absolute Gasteiger partial charge is 0.213 e. The first-order chi connectivity index (χ1) is 12.0. The number of guanidine groups is 1. The van der Waals surface area contributed by atoms with E-state index in [1.54, 1.807) is 22.6 Å². The van der Waals surface area contributed by atoms with E-state index in [0.717, 1.165) is 31.9 Å². The van der Waals surface area contributed by atoms with Crippen molar-refractivity contribution >= 4 is 27.3 Å². The lowest BCUT2D eigenvalue weighted by molar-refractivity contribution is 0.306. The Bertz CT molecular complexity index is 636. The lowest BCUT2D eigenvalue weighted by Gasteiger charge is -2.32. The van der Waals surface area contributed by atoms with Gasteiger partial charge in [-0.1, -0.05) is 6.92 Å². The lowest BCUT2D eigenvalue weighted by atomic mass is 10.1. The number of nitrogens with zero attached hydrogens (tertiary/aromatic N) is 2. The van der Waals surface area contributed by atoms with Gasteiger partial charge in [0, 0.05) is 38.1 Å². The second-order valence-electron chi connectivity index (χ2n) is 6.40. The fraction of sp³-hybridized carbons (Fsp3) is 0.706. The molecule has 142 valence electrons. The zero-order valence-corrected chi connectivity index (χ0v) is 17.0. The summed E-state index contributed by atoms with van der Waals surface area (Å²) in [5, 5.41) is 11.0. The first kappa shape index (κ1) is 20.2. The average Bonchev–Trinajstić information content (AvgIpc) is 3.15. The molecule has 25 heavy (non-hydrogen) atoms. The summed E-state index contributed by atoms with van der Waals surface area (Å²) in [4.78, 5) is 4.71. The molecule has 1 fully saturated rings. The average molecular weight is 387 g/mol. The van der Waals surface area contributed by atoms with E-state index in [1.807, 2.05) is 0 Å². The van der Waals surface area contributed by atoms with Gasteiger partial charge in [-0.25, -0.2) is 12.7 Å². The van der Waals surface area contributed by atoms with Crippen LogP contribution in [0.2, 0.25) is 0 Å². The lowest BCUT2D eigenvalue weighted by Crippen LogP contribution is -2.50. The van der Waals surface area contributed by atoms with Crippen molar-refractivity contribution in [1.82, 2.24) is 14.9 Å². The van der Waals surface area contributed by atoms with Crippen LogP contribution in [0.3, 0.4) is 0 Å². The van der Waals surface area contributed by atoms with Crippen LogP contribution in [0.25, 0.3) is 0 Å². The van der Waals surface area contributed by atoms with Crippen LogP contribution in [-0.4, -0.2) is 56.7 Å². The third-order valence-electron chi connectivity index (χ3n) is 4.53. The van der Waals surface area contributed by atoms with Gasteiger partial charge < -0.3 is 10.6 Å².